The highest BCUT2D eigenvalue weighted by Gasteiger charge is 2.27. The molecule has 0 radical (unpaired) electrons. The Bertz CT molecular complexity index is 465. The van der Waals surface area contributed by atoms with E-state index in [4.69, 9.17) is 10.8 Å². The van der Waals surface area contributed by atoms with Crippen molar-refractivity contribution in [1.29, 1.82) is 0 Å². The molecular formula is C14H20N2O2S. The Balaban J connectivity index is 2.13. The third-order valence-electron chi connectivity index (χ3n) is 3.47. The minimum Gasteiger partial charge on any atom is -0.478 e. The topological polar surface area (TPSA) is 75.3 Å². The molecule has 0 aliphatic heterocycles. The Hall–Kier alpha value is -1.36. The lowest BCUT2D eigenvalue weighted by molar-refractivity contribution is 0.0697. The van der Waals surface area contributed by atoms with Crippen molar-refractivity contribution in [3.05, 3.63) is 23.8 Å². The van der Waals surface area contributed by atoms with Gasteiger partial charge in [0.15, 0.2) is 0 Å². The number of carboxylic acid groups (broad SMARTS) is 1. The summed E-state index contributed by atoms with van der Waals surface area (Å²) in [6.45, 7) is 2.17. The summed E-state index contributed by atoms with van der Waals surface area (Å²) >= 11 is 1.96. The number of nitrogen functional groups attached to an aromatic ring is 1. The first-order chi connectivity index (χ1) is 9.11. The molecule has 1 aliphatic rings. The minimum absolute atomic E-state index is 0.273. The number of hydrogen-bond acceptors (Lipinski definition) is 4. The van der Waals surface area contributed by atoms with Gasteiger partial charge in [-0.1, -0.05) is 13.3 Å². The summed E-state index contributed by atoms with van der Waals surface area (Å²) in [5, 5.41) is 13.0. The molecule has 1 aromatic carbocycles. The Morgan fingerprint density at radius 1 is 1.53 bits per heavy atom. The predicted octanol–water partition coefficient (Wildman–Crippen LogP) is 3.05. The molecule has 19 heavy (non-hydrogen) atoms. The second-order valence-electron chi connectivity index (χ2n) is 4.78. The van der Waals surface area contributed by atoms with Gasteiger partial charge in [0.05, 0.1) is 16.9 Å². The van der Waals surface area contributed by atoms with Crippen LogP contribution in [0.15, 0.2) is 18.2 Å². The van der Waals surface area contributed by atoms with E-state index in [0.29, 0.717) is 17.0 Å². The van der Waals surface area contributed by atoms with E-state index in [1.165, 1.54) is 18.9 Å². The van der Waals surface area contributed by atoms with Gasteiger partial charge >= 0.3 is 5.97 Å². The lowest BCUT2D eigenvalue weighted by atomic mass is 10.1. The molecule has 0 heterocycles. The normalized spacial score (nSPS) is 22.4. The number of anilines is 2. The number of hydrogen-bond donors (Lipinski definition) is 3. The second kappa shape index (κ2) is 6.19. The van der Waals surface area contributed by atoms with Crippen molar-refractivity contribution >= 4 is 29.1 Å². The minimum atomic E-state index is -0.922. The zero-order valence-electron chi connectivity index (χ0n) is 11.1. The summed E-state index contributed by atoms with van der Waals surface area (Å²) < 4.78 is 0. The van der Waals surface area contributed by atoms with Crippen LogP contribution in [-0.2, 0) is 0 Å². The van der Waals surface area contributed by atoms with Crippen molar-refractivity contribution < 1.29 is 9.90 Å². The number of carboxylic acids is 1. The largest absolute Gasteiger partial charge is 0.478 e. The number of carbonyl (C=O) groups is 1. The zero-order chi connectivity index (χ0) is 13.8. The van der Waals surface area contributed by atoms with Gasteiger partial charge in [0.1, 0.15) is 0 Å². The van der Waals surface area contributed by atoms with Crippen LogP contribution in [0.5, 0.6) is 0 Å². The van der Waals surface area contributed by atoms with Gasteiger partial charge in [-0.15, -0.1) is 0 Å². The van der Waals surface area contributed by atoms with E-state index >= 15 is 0 Å². The Kier molecular flexibility index (Phi) is 4.58. The van der Waals surface area contributed by atoms with Crippen molar-refractivity contribution in [2.24, 2.45) is 0 Å². The van der Waals surface area contributed by atoms with Gasteiger partial charge in [0.2, 0.25) is 0 Å². The van der Waals surface area contributed by atoms with Crippen molar-refractivity contribution in [2.45, 2.75) is 37.5 Å². The van der Waals surface area contributed by atoms with E-state index in [2.05, 4.69) is 12.2 Å². The molecule has 5 heteroatoms. The molecule has 2 atom stereocenters. The lowest BCUT2D eigenvalue weighted by Crippen LogP contribution is -2.26. The number of benzene rings is 1. The van der Waals surface area contributed by atoms with Crippen LogP contribution in [0, 0.1) is 0 Å². The summed E-state index contributed by atoms with van der Waals surface area (Å²) in [6, 6.07) is 5.21. The first-order valence-electron chi connectivity index (χ1n) is 6.62. The first kappa shape index (κ1) is 14.1. The van der Waals surface area contributed by atoms with Crippen LogP contribution in [0.25, 0.3) is 0 Å². The Morgan fingerprint density at radius 3 is 3.00 bits per heavy atom. The van der Waals surface area contributed by atoms with Gasteiger partial charge in [-0.05, 0) is 36.8 Å². The molecule has 104 valence electrons. The van der Waals surface area contributed by atoms with Crippen LogP contribution in [-0.4, -0.2) is 28.1 Å². The van der Waals surface area contributed by atoms with E-state index in [1.807, 2.05) is 11.8 Å². The number of rotatable bonds is 5. The van der Waals surface area contributed by atoms with Crippen molar-refractivity contribution in [2.75, 3.05) is 16.8 Å². The molecule has 2 unspecified atom stereocenters. The number of thioether (sulfide) groups is 1. The van der Waals surface area contributed by atoms with Gasteiger partial charge in [-0.3, -0.25) is 0 Å². The maximum Gasteiger partial charge on any atom is 0.335 e. The van der Waals surface area contributed by atoms with Gasteiger partial charge in [-0.2, -0.15) is 11.8 Å². The van der Waals surface area contributed by atoms with Crippen molar-refractivity contribution in [3.8, 4) is 0 Å². The standard InChI is InChI=1S/C14H20N2O2S/c1-2-19-13-5-3-4-11(13)16-12-8-9(14(17)18)6-7-10(12)15/h6-8,11,13,16H,2-5,15H2,1H3,(H,17,18). The SMILES string of the molecule is CCSC1CCCC1Nc1cc(C(=O)O)ccc1N. The fourth-order valence-electron chi connectivity index (χ4n) is 2.52. The number of aromatic carboxylic acids is 1. The zero-order valence-corrected chi connectivity index (χ0v) is 11.9. The molecule has 0 saturated heterocycles. The fraction of sp³-hybridized carbons (Fsp3) is 0.500. The van der Waals surface area contributed by atoms with Crippen LogP contribution in [0.2, 0.25) is 0 Å². The van der Waals surface area contributed by atoms with Crippen molar-refractivity contribution in [3.63, 3.8) is 0 Å². The van der Waals surface area contributed by atoms with Crippen LogP contribution in [0.3, 0.4) is 0 Å². The molecule has 1 saturated carbocycles. The average molecular weight is 280 g/mol. The van der Waals surface area contributed by atoms with E-state index in [9.17, 15) is 4.79 Å². The lowest BCUT2D eigenvalue weighted by Gasteiger charge is -2.22. The average Bonchev–Trinajstić information content (AvgIpc) is 2.80. The maximum atomic E-state index is 11.0. The molecule has 1 aliphatic carbocycles. The third-order valence-corrected chi connectivity index (χ3v) is 4.80. The van der Waals surface area contributed by atoms with Gasteiger partial charge in [0.25, 0.3) is 0 Å². The van der Waals surface area contributed by atoms with Crippen LogP contribution >= 0.6 is 11.8 Å². The highest BCUT2D eigenvalue weighted by Crippen LogP contribution is 2.33. The molecule has 1 fully saturated rings. The Labute approximate surface area is 117 Å². The fourth-order valence-corrected chi connectivity index (χ4v) is 3.72. The number of nitrogens with two attached hydrogens (primary N) is 1. The highest BCUT2D eigenvalue weighted by molar-refractivity contribution is 7.99. The summed E-state index contributed by atoms with van der Waals surface area (Å²) in [5.74, 6) is 0.182. The van der Waals surface area contributed by atoms with Gasteiger partial charge in [0, 0.05) is 11.3 Å². The van der Waals surface area contributed by atoms with Crippen LogP contribution < -0.4 is 11.1 Å². The van der Waals surface area contributed by atoms with E-state index in [-0.39, 0.29) is 5.56 Å². The van der Waals surface area contributed by atoms with E-state index in [0.717, 1.165) is 17.9 Å². The molecule has 4 N–H and O–H groups in total. The molecule has 0 aromatic heterocycles. The smallest absolute Gasteiger partial charge is 0.335 e. The monoisotopic (exact) mass is 280 g/mol. The molecule has 0 bridgehead atoms. The Morgan fingerprint density at radius 2 is 2.32 bits per heavy atom. The molecular weight excluding hydrogens is 260 g/mol. The third kappa shape index (κ3) is 3.35. The molecule has 1 aromatic rings. The van der Waals surface area contributed by atoms with E-state index < -0.39 is 5.97 Å². The quantitative estimate of drug-likeness (QED) is 0.723. The molecule has 0 amide bonds. The second-order valence-corrected chi connectivity index (χ2v) is 6.30. The maximum absolute atomic E-state index is 11.0. The van der Waals surface area contributed by atoms with Gasteiger partial charge < -0.3 is 16.2 Å². The molecule has 2 rings (SSSR count). The van der Waals surface area contributed by atoms with Gasteiger partial charge in [-0.25, -0.2) is 4.79 Å². The molecule has 0 spiro atoms. The first-order valence-corrected chi connectivity index (χ1v) is 7.67. The van der Waals surface area contributed by atoms with Crippen molar-refractivity contribution in [1.82, 2.24) is 0 Å². The summed E-state index contributed by atoms with van der Waals surface area (Å²) in [6.07, 6.45) is 3.55. The van der Waals surface area contributed by atoms with Crippen LogP contribution in [0.4, 0.5) is 11.4 Å². The molecule has 4 nitrogen and oxygen atoms in total. The summed E-state index contributed by atoms with van der Waals surface area (Å²) in [4.78, 5) is 11.0. The summed E-state index contributed by atoms with van der Waals surface area (Å²) in [5.41, 5.74) is 7.55. The van der Waals surface area contributed by atoms with E-state index in [1.54, 1.807) is 12.1 Å². The van der Waals surface area contributed by atoms with Crippen LogP contribution in [0.1, 0.15) is 36.5 Å². The summed E-state index contributed by atoms with van der Waals surface area (Å²) in [7, 11) is 0. The number of nitrogens with one attached hydrogen (secondary N) is 1. The highest BCUT2D eigenvalue weighted by atomic mass is 32.2. The predicted molar refractivity (Wildman–Crippen MR) is 81.0 cm³/mol.